The fourth-order valence-electron chi connectivity index (χ4n) is 2.11. The number of carbonyl (C=O) groups is 2. The van der Waals surface area contributed by atoms with Gasteiger partial charge in [-0.3, -0.25) is 9.59 Å². The third kappa shape index (κ3) is 4.37. The molecule has 2 rings (SSSR count). The van der Waals surface area contributed by atoms with Gasteiger partial charge < -0.3 is 10.4 Å². The monoisotopic (exact) mass is 299 g/mol. The molecule has 114 valence electrons. The van der Waals surface area contributed by atoms with Crippen LogP contribution < -0.4 is 5.32 Å². The van der Waals surface area contributed by atoms with Gasteiger partial charge in [0, 0.05) is 6.54 Å². The zero-order valence-corrected chi connectivity index (χ0v) is 12.2. The van der Waals surface area contributed by atoms with Gasteiger partial charge in [0.2, 0.25) is 0 Å². The Morgan fingerprint density at radius 1 is 1.27 bits per heavy atom. The number of aryl methyl sites for hydroxylation is 1. The maximum atomic E-state index is 11.9. The first-order valence-corrected chi connectivity index (χ1v) is 6.89. The molecule has 0 aliphatic carbocycles. The van der Waals surface area contributed by atoms with Crippen molar-refractivity contribution < 1.29 is 14.7 Å². The van der Waals surface area contributed by atoms with Crippen molar-refractivity contribution in [3.05, 3.63) is 59.4 Å². The summed E-state index contributed by atoms with van der Waals surface area (Å²) >= 11 is 0. The first-order valence-electron chi connectivity index (χ1n) is 6.89. The molecular formula is C16H17N3O3. The Bertz CT molecular complexity index is 659. The minimum Gasteiger partial charge on any atom is -0.481 e. The van der Waals surface area contributed by atoms with E-state index in [0.717, 1.165) is 11.1 Å². The summed E-state index contributed by atoms with van der Waals surface area (Å²) in [5.74, 6) is -1.97. The summed E-state index contributed by atoms with van der Waals surface area (Å²) in [6.45, 7) is 2.02. The quantitative estimate of drug-likeness (QED) is 0.842. The van der Waals surface area contributed by atoms with Crippen molar-refractivity contribution in [3.8, 4) is 0 Å². The maximum absolute atomic E-state index is 11.9. The van der Waals surface area contributed by atoms with Crippen LogP contribution in [0.3, 0.4) is 0 Å². The second-order valence-electron chi connectivity index (χ2n) is 5.07. The molecule has 22 heavy (non-hydrogen) atoms. The highest BCUT2D eigenvalue weighted by Gasteiger charge is 2.19. The van der Waals surface area contributed by atoms with E-state index in [2.05, 4.69) is 15.5 Å². The summed E-state index contributed by atoms with van der Waals surface area (Å²) in [7, 11) is 0. The summed E-state index contributed by atoms with van der Waals surface area (Å²) in [6.07, 6.45) is 3.12. The zero-order valence-electron chi connectivity index (χ0n) is 12.2. The molecule has 6 nitrogen and oxygen atoms in total. The topological polar surface area (TPSA) is 92.2 Å². The predicted octanol–water partition coefficient (Wildman–Crippen LogP) is 1.46. The van der Waals surface area contributed by atoms with Crippen LogP contribution >= 0.6 is 0 Å². The van der Waals surface area contributed by atoms with Crippen molar-refractivity contribution >= 4 is 11.9 Å². The van der Waals surface area contributed by atoms with Gasteiger partial charge in [-0.1, -0.05) is 29.8 Å². The van der Waals surface area contributed by atoms with Crippen LogP contribution in [0, 0.1) is 12.8 Å². The number of carboxylic acid groups (broad SMARTS) is 1. The van der Waals surface area contributed by atoms with Gasteiger partial charge in [-0.2, -0.15) is 10.2 Å². The van der Waals surface area contributed by atoms with Crippen LogP contribution in [-0.2, 0) is 11.2 Å². The van der Waals surface area contributed by atoms with E-state index in [1.807, 2.05) is 31.2 Å². The summed E-state index contributed by atoms with van der Waals surface area (Å²) in [5.41, 5.74) is 2.37. The molecule has 0 fully saturated rings. The molecule has 0 aliphatic rings. The van der Waals surface area contributed by atoms with E-state index in [9.17, 15) is 14.7 Å². The van der Waals surface area contributed by atoms with Crippen LogP contribution in [0.1, 0.15) is 21.5 Å². The van der Waals surface area contributed by atoms with Gasteiger partial charge in [-0.05, 0) is 25.0 Å². The van der Waals surface area contributed by atoms with E-state index in [0.29, 0.717) is 12.0 Å². The highest BCUT2D eigenvalue weighted by Crippen LogP contribution is 2.11. The van der Waals surface area contributed by atoms with E-state index < -0.39 is 11.9 Å². The molecule has 0 saturated heterocycles. The van der Waals surface area contributed by atoms with Gasteiger partial charge in [0.1, 0.15) is 0 Å². The van der Waals surface area contributed by atoms with Crippen LogP contribution in [0.4, 0.5) is 0 Å². The van der Waals surface area contributed by atoms with Crippen molar-refractivity contribution in [1.82, 2.24) is 15.5 Å². The lowest BCUT2D eigenvalue weighted by molar-refractivity contribution is -0.141. The Hall–Kier alpha value is -2.76. The molecule has 0 radical (unpaired) electrons. The fraction of sp³-hybridized carbons (Fsp3) is 0.250. The number of aromatic nitrogens is 2. The van der Waals surface area contributed by atoms with Crippen molar-refractivity contribution in [2.75, 3.05) is 6.54 Å². The van der Waals surface area contributed by atoms with Crippen molar-refractivity contribution in [1.29, 1.82) is 0 Å². The Labute approximate surface area is 128 Å². The van der Waals surface area contributed by atoms with E-state index >= 15 is 0 Å². The number of hydrogen-bond donors (Lipinski definition) is 2. The zero-order chi connectivity index (χ0) is 15.9. The molecule has 1 aromatic heterocycles. The van der Waals surface area contributed by atoms with Gasteiger partial charge in [0.05, 0.1) is 23.9 Å². The molecule has 0 bridgehead atoms. The SMILES string of the molecule is Cc1cccc(CC(CNC(=O)c2ccnnc2)C(=O)O)c1. The number of carbonyl (C=O) groups excluding carboxylic acids is 1. The second kappa shape index (κ2) is 7.31. The normalized spacial score (nSPS) is 11.7. The van der Waals surface area contributed by atoms with Crippen LogP contribution in [0.5, 0.6) is 0 Å². The fourth-order valence-corrected chi connectivity index (χ4v) is 2.11. The highest BCUT2D eigenvalue weighted by atomic mass is 16.4. The number of amides is 1. The first kappa shape index (κ1) is 15.6. The van der Waals surface area contributed by atoms with Crippen molar-refractivity contribution in [2.24, 2.45) is 5.92 Å². The van der Waals surface area contributed by atoms with Gasteiger partial charge in [-0.25, -0.2) is 0 Å². The Morgan fingerprint density at radius 3 is 2.73 bits per heavy atom. The summed E-state index contributed by atoms with van der Waals surface area (Å²) in [6, 6.07) is 9.21. The van der Waals surface area contributed by atoms with Gasteiger partial charge in [0.25, 0.3) is 5.91 Å². The lowest BCUT2D eigenvalue weighted by atomic mass is 9.98. The molecule has 2 aromatic rings. The summed E-state index contributed by atoms with van der Waals surface area (Å²) in [4.78, 5) is 23.3. The number of nitrogens with zero attached hydrogens (tertiary/aromatic N) is 2. The van der Waals surface area contributed by atoms with E-state index in [1.54, 1.807) is 0 Å². The third-order valence-electron chi connectivity index (χ3n) is 3.27. The number of aliphatic carboxylic acids is 1. The number of benzene rings is 1. The Morgan fingerprint density at radius 2 is 2.09 bits per heavy atom. The maximum Gasteiger partial charge on any atom is 0.308 e. The van der Waals surface area contributed by atoms with Crippen molar-refractivity contribution in [2.45, 2.75) is 13.3 Å². The molecule has 0 spiro atoms. The molecule has 1 atom stereocenters. The number of nitrogens with one attached hydrogen (secondary N) is 1. The molecule has 6 heteroatoms. The van der Waals surface area contributed by atoms with Gasteiger partial charge in [0.15, 0.2) is 0 Å². The van der Waals surface area contributed by atoms with Crippen LogP contribution in [0.25, 0.3) is 0 Å². The molecule has 1 aromatic carbocycles. The first-order chi connectivity index (χ1) is 10.6. The lowest BCUT2D eigenvalue weighted by Crippen LogP contribution is -2.34. The molecule has 0 saturated carbocycles. The van der Waals surface area contributed by atoms with Crippen LogP contribution in [0.2, 0.25) is 0 Å². The predicted molar refractivity (Wildman–Crippen MR) is 80.4 cm³/mol. The minimum absolute atomic E-state index is 0.0600. The standard InChI is InChI=1S/C16H17N3O3/c1-11-3-2-4-12(7-11)8-14(16(21)22)9-17-15(20)13-5-6-18-19-10-13/h2-7,10,14H,8-9H2,1H3,(H,17,20)(H,21,22). The van der Waals surface area contributed by atoms with E-state index in [-0.39, 0.29) is 12.5 Å². The smallest absolute Gasteiger partial charge is 0.308 e. The Balaban J connectivity index is 1.98. The van der Waals surface area contributed by atoms with Gasteiger partial charge >= 0.3 is 5.97 Å². The number of hydrogen-bond acceptors (Lipinski definition) is 4. The molecular weight excluding hydrogens is 282 g/mol. The minimum atomic E-state index is -0.936. The molecule has 1 amide bonds. The second-order valence-corrected chi connectivity index (χ2v) is 5.07. The summed E-state index contributed by atoms with van der Waals surface area (Å²) < 4.78 is 0. The van der Waals surface area contributed by atoms with Gasteiger partial charge in [-0.15, -0.1) is 0 Å². The van der Waals surface area contributed by atoms with E-state index in [4.69, 9.17) is 0 Å². The highest BCUT2D eigenvalue weighted by molar-refractivity contribution is 5.93. The average Bonchev–Trinajstić information content (AvgIpc) is 2.51. The summed E-state index contributed by atoms with van der Waals surface area (Å²) in [5, 5.41) is 19.2. The molecule has 1 unspecified atom stereocenters. The lowest BCUT2D eigenvalue weighted by Gasteiger charge is -2.14. The largest absolute Gasteiger partial charge is 0.481 e. The molecule has 2 N–H and O–H groups in total. The average molecular weight is 299 g/mol. The molecule has 1 heterocycles. The van der Waals surface area contributed by atoms with E-state index in [1.165, 1.54) is 18.5 Å². The third-order valence-corrected chi connectivity index (χ3v) is 3.27. The Kier molecular flexibility index (Phi) is 5.19. The van der Waals surface area contributed by atoms with Crippen LogP contribution in [0.15, 0.2) is 42.7 Å². The number of rotatable bonds is 6. The number of carboxylic acids is 1. The van der Waals surface area contributed by atoms with Crippen LogP contribution in [-0.4, -0.2) is 33.7 Å². The van der Waals surface area contributed by atoms with Crippen molar-refractivity contribution in [3.63, 3.8) is 0 Å². The molecule has 0 aliphatic heterocycles.